The third-order valence-electron chi connectivity index (χ3n) is 19.4. The number of rotatable bonds is 81. The normalized spacial score (nSPS) is 13.9. The van der Waals surface area contributed by atoms with Crippen LogP contribution in [0, 0.1) is 17.8 Å². The van der Waals surface area contributed by atoms with Gasteiger partial charge in [0.25, 0.3) is 0 Å². The summed E-state index contributed by atoms with van der Waals surface area (Å²) in [5.74, 6) is 0.142. The summed E-state index contributed by atoms with van der Waals surface area (Å²) in [6.07, 6.45) is 62.7. The van der Waals surface area contributed by atoms with Gasteiger partial charge in [-0.2, -0.15) is 0 Å². The van der Waals surface area contributed by atoms with Crippen LogP contribution in [-0.2, 0) is 65.4 Å². The summed E-state index contributed by atoms with van der Waals surface area (Å²) in [5.41, 5.74) is 0. The minimum atomic E-state index is -4.96. The molecule has 0 aliphatic carbocycles. The predicted octanol–water partition coefficient (Wildman–Crippen LogP) is 24.9. The van der Waals surface area contributed by atoms with E-state index in [-0.39, 0.29) is 25.7 Å². The molecule has 0 saturated carbocycles. The first kappa shape index (κ1) is 100. The number of phosphoric acid groups is 2. The first-order valence-corrected chi connectivity index (χ1v) is 45.8. The smallest absolute Gasteiger partial charge is 0.462 e. The van der Waals surface area contributed by atoms with E-state index in [0.717, 1.165) is 108 Å². The average Bonchev–Trinajstić information content (AvgIpc) is 1.08. The van der Waals surface area contributed by atoms with Crippen molar-refractivity contribution < 1.29 is 80.2 Å². The van der Waals surface area contributed by atoms with E-state index in [9.17, 15) is 43.2 Å². The lowest BCUT2D eigenvalue weighted by molar-refractivity contribution is -0.161. The molecule has 606 valence electrons. The molecule has 0 radical (unpaired) electrons. The van der Waals surface area contributed by atoms with Crippen molar-refractivity contribution in [3.63, 3.8) is 0 Å². The predicted molar refractivity (Wildman–Crippen MR) is 418 cm³/mol. The van der Waals surface area contributed by atoms with Crippen LogP contribution in [-0.4, -0.2) is 96.7 Å². The van der Waals surface area contributed by atoms with Crippen LogP contribution in [0.4, 0.5) is 0 Å². The fourth-order valence-corrected chi connectivity index (χ4v) is 14.4. The maximum Gasteiger partial charge on any atom is 0.472 e. The second kappa shape index (κ2) is 73.2. The number of carbonyl (C=O) groups excluding carboxylic acids is 4. The van der Waals surface area contributed by atoms with E-state index in [1.54, 1.807) is 0 Å². The Balaban J connectivity index is 5.21. The summed E-state index contributed by atoms with van der Waals surface area (Å²) < 4.78 is 68.7. The van der Waals surface area contributed by atoms with Crippen molar-refractivity contribution in [1.29, 1.82) is 0 Å². The van der Waals surface area contributed by atoms with Gasteiger partial charge in [-0.15, -0.1) is 0 Å². The van der Waals surface area contributed by atoms with Gasteiger partial charge in [-0.05, 0) is 43.4 Å². The monoisotopic (exact) mass is 1490 g/mol. The van der Waals surface area contributed by atoms with Gasteiger partial charge in [0.05, 0.1) is 26.4 Å². The Hall–Kier alpha value is -1.94. The fourth-order valence-electron chi connectivity index (χ4n) is 12.8. The Morgan fingerprint density at radius 1 is 0.265 bits per heavy atom. The van der Waals surface area contributed by atoms with Gasteiger partial charge in [-0.1, -0.05) is 382 Å². The quantitative estimate of drug-likeness (QED) is 0.0222. The number of esters is 4. The highest BCUT2D eigenvalue weighted by Crippen LogP contribution is 2.45. The molecule has 0 rings (SSSR count). The van der Waals surface area contributed by atoms with Gasteiger partial charge in [-0.3, -0.25) is 37.3 Å². The van der Waals surface area contributed by atoms with Gasteiger partial charge < -0.3 is 33.8 Å². The van der Waals surface area contributed by atoms with E-state index in [1.807, 2.05) is 0 Å². The second-order valence-corrected chi connectivity index (χ2v) is 34.2. The third-order valence-corrected chi connectivity index (χ3v) is 21.3. The number of hydrogen-bond donors (Lipinski definition) is 3. The number of carbonyl (C=O) groups is 4. The fraction of sp³-hybridized carbons (Fsp3) is 0.952. The molecule has 0 aromatic rings. The second-order valence-electron chi connectivity index (χ2n) is 31.3. The molecule has 0 aliphatic rings. The van der Waals surface area contributed by atoms with E-state index in [2.05, 4.69) is 48.5 Å². The van der Waals surface area contributed by atoms with Crippen molar-refractivity contribution in [2.75, 3.05) is 39.6 Å². The van der Waals surface area contributed by atoms with Gasteiger partial charge >= 0.3 is 39.5 Å². The number of unbranched alkanes of at least 4 members (excludes halogenated alkanes) is 49. The highest BCUT2D eigenvalue weighted by Gasteiger charge is 2.30. The minimum absolute atomic E-state index is 0.105. The zero-order valence-corrected chi connectivity index (χ0v) is 68.9. The van der Waals surface area contributed by atoms with Crippen LogP contribution in [0.25, 0.3) is 0 Å². The molecule has 0 fully saturated rings. The molecule has 19 heteroatoms. The molecule has 17 nitrogen and oxygen atoms in total. The lowest BCUT2D eigenvalue weighted by Gasteiger charge is -2.21. The van der Waals surface area contributed by atoms with Crippen molar-refractivity contribution in [2.24, 2.45) is 17.8 Å². The summed E-state index contributed by atoms with van der Waals surface area (Å²) in [5, 5.41) is 10.6. The summed E-state index contributed by atoms with van der Waals surface area (Å²) in [6.45, 7) is 11.9. The molecular weight excluding hydrogens is 1330 g/mol. The molecule has 102 heavy (non-hydrogen) atoms. The molecule has 0 aromatic heterocycles. The van der Waals surface area contributed by atoms with Gasteiger partial charge in [0.1, 0.15) is 19.3 Å². The molecule has 0 saturated heterocycles. The Labute approximate surface area is 626 Å². The van der Waals surface area contributed by atoms with Gasteiger partial charge in [0.2, 0.25) is 0 Å². The summed E-state index contributed by atoms with van der Waals surface area (Å²) in [4.78, 5) is 73.0. The Kier molecular flexibility index (Phi) is 71.8. The average molecular weight is 1490 g/mol. The van der Waals surface area contributed by atoms with Crippen LogP contribution in [0.15, 0.2) is 0 Å². The van der Waals surface area contributed by atoms with Gasteiger partial charge in [0.15, 0.2) is 12.2 Å². The lowest BCUT2D eigenvalue weighted by Crippen LogP contribution is -2.30. The van der Waals surface area contributed by atoms with E-state index in [1.165, 1.54) is 238 Å². The maximum atomic E-state index is 13.1. The van der Waals surface area contributed by atoms with Crippen LogP contribution in [0.1, 0.15) is 434 Å². The largest absolute Gasteiger partial charge is 0.472 e. The Morgan fingerprint density at radius 3 is 0.667 bits per heavy atom. The number of ether oxygens (including phenoxy) is 4. The number of aliphatic hydroxyl groups is 1. The summed E-state index contributed by atoms with van der Waals surface area (Å²) >= 11 is 0. The Bertz CT molecular complexity index is 1970. The standard InChI is InChI=1S/C83H162O17P2/c1-8-9-10-11-12-13-14-15-16-17-18-19-20-21-26-29-32-37-44-52-59-66-82(87)99-78(70-93-80(85)64-57-50-43-36-31-28-25-23-22-24-27-30-34-40-47-54-61-74(2)3)72-97-101(89,90)95-68-77(84)69-96-102(91,92)98-73-79(71-94-81(86)65-58-51-46-39-42-49-56-63-76(6)7)100-83(88)67-60-53-45-38-33-35-41-48-55-62-75(4)5/h74-79,84H,8-73H2,1-7H3,(H,89,90)(H,91,92)/t77-,78-,79-/m1/s1. The van der Waals surface area contributed by atoms with Crippen molar-refractivity contribution in [2.45, 2.75) is 452 Å². The highest BCUT2D eigenvalue weighted by atomic mass is 31.2. The molecule has 0 heterocycles. The van der Waals surface area contributed by atoms with Crippen molar-refractivity contribution in [1.82, 2.24) is 0 Å². The molecule has 0 aliphatic heterocycles. The number of aliphatic hydroxyl groups excluding tert-OH is 1. The van der Waals surface area contributed by atoms with E-state index < -0.39 is 97.5 Å². The van der Waals surface area contributed by atoms with Crippen LogP contribution < -0.4 is 0 Å². The maximum absolute atomic E-state index is 13.1. The first-order valence-electron chi connectivity index (χ1n) is 42.8. The zero-order chi connectivity index (χ0) is 75.1. The van der Waals surface area contributed by atoms with E-state index >= 15 is 0 Å². The lowest BCUT2D eigenvalue weighted by atomic mass is 10.0. The number of phosphoric ester groups is 2. The van der Waals surface area contributed by atoms with Crippen molar-refractivity contribution in [3.05, 3.63) is 0 Å². The van der Waals surface area contributed by atoms with Crippen LogP contribution in [0.2, 0.25) is 0 Å². The van der Waals surface area contributed by atoms with Crippen LogP contribution >= 0.6 is 15.6 Å². The molecule has 0 aromatic carbocycles. The van der Waals surface area contributed by atoms with Crippen molar-refractivity contribution >= 4 is 39.5 Å². The van der Waals surface area contributed by atoms with Gasteiger partial charge in [0, 0.05) is 25.7 Å². The molecule has 3 N–H and O–H groups in total. The molecule has 0 bridgehead atoms. The highest BCUT2D eigenvalue weighted by molar-refractivity contribution is 7.47. The summed E-state index contributed by atoms with van der Waals surface area (Å²) in [7, 11) is -9.92. The zero-order valence-electron chi connectivity index (χ0n) is 67.1. The van der Waals surface area contributed by atoms with Gasteiger partial charge in [-0.25, -0.2) is 9.13 Å². The van der Waals surface area contributed by atoms with Crippen LogP contribution in [0.5, 0.6) is 0 Å². The first-order chi connectivity index (χ1) is 49.2. The Morgan fingerprint density at radius 2 is 0.451 bits per heavy atom. The minimum Gasteiger partial charge on any atom is -0.462 e. The topological polar surface area (TPSA) is 237 Å². The molecule has 2 unspecified atom stereocenters. The SMILES string of the molecule is CCCCCCCCCCCCCCCCCCCCCCCC(=O)O[C@H](COC(=O)CCCCCCCCCCCCCCCCCCC(C)C)COP(=O)(O)OC[C@@H](O)COP(=O)(O)OC[C@@H](COC(=O)CCCCCCCCCC(C)C)OC(=O)CCCCCCCCCCCC(C)C. The number of hydrogen-bond acceptors (Lipinski definition) is 15. The third kappa shape index (κ3) is 76.3. The van der Waals surface area contributed by atoms with E-state index in [4.69, 9.17) is 37.0 Å². The molecular formula is C83H162O17P2. The van der Waals surface area contributed by atoms with E-state index in [0.29, 0.717) is 31.6 Å². The summed E-state index contributed by atoms with van der Waals surface area (Å²) in [6, 6.07) is 0. The molecule has 5 atom stereocenters. The van der Waals surface area contributed by atoms with Crippen molar-refractivity contribution in [3.8, 4) is 0 Å². The van der Waals surface area contributed by atoms with Crippen LogP contribution in [0.3, 0.4) is 0 Å². The molecule has 0 amide bonds. The molecule has 0 spiro atoms.